The van der Waals surface area contributed by atoms with Crippen LogP contribution in [-0.4, -0.2) is 19.0 Å². The van der Waals surface area contributed by atoms with Gasteiger partial charge in [0.25, 0.3) is 5.91 Å². The normalized spacial score (nSPS) is 9.13. The summed E-state index contributed by atoms with van der Waals surface area (Å²) in [4.78, 5) is 14.1. The van der Waals surface area contributed by atoms with Gasteiger partial charge in [-0.2, -0.15) is 0 Å². The van der Waals surface area contributed by atoms with E-state index in [9.17, 15) is 4.79 Å². The highest BCUT2D eigenvalue weighted by molar-refractivity contribution is 14.1. The summed E-state index contributed by atoms with van der Waals surface area (Å²) in [6.07, 6.45) is 0. The summed E-state index contributed by atoms with van der Waals surface area (Å²) >= 11 is 2.14. The van der Waals surface area contributed by atoms with E-state index >= 15 is 0 Å². The number of amides is 1. The van der Waals surface area contributed by atoms with Crippen LogP contribution in [0.4, 0.5) is 0 Å². The predicted octanol–water partition coefficient (Wildman–Crippen LogP) is 2.33. The van der Waals surface area contributed by atoms with Gasteiger partial charge in [-0.05, 0) is 46.3 Å². The molecule has 0 fully saturated rings. The topological polar surface area (TPSA) is 77.9 Å². The van der Waals surface area contributed by atoms with Crippen LogP contribution in [0.2, 0.25) is 0 Å². The monoisotopic (exact) mass is 316 g/mol. The highest BCUT2D eigenvalue weighted by atomic mass is 127. The predicted molar refractivity (Wildman–Crippen MR) is 65.5 cm³/mol. The molecule has 0 aliphatic rings. The molecular weight excluding hydrogens is 307 g/mol. The molecular formula is C9H9IN4O. The molecule has 0 unspecified atom stereocenters. The number of halogens is 1. The molecule has 1 aromatic carbocycles. The zero-order valence-electron chi connectivity index (χ0n) is 7.85. The smallest absolute Gasteiger partial charge is 0.251 e. The third-order valence-electron chi connectivity index (χ3n) is 1.65. The molecule has 0 saturated heterocycles. The van der Waals surface area contributed by atoms with Crippen molar-refractivity contribution in [3.05, 3.63) is 43.8 Å². The van der Waals surface area contributed by atoms with Gasteiger partial charge in [-0.15, -0.1) is 0 Å². The minimum atomic E-state index is -0.151. The SMILES string of the molecule is [N-]=[N+]=NCCNC(=O)c1cccc(I)c1. The first-order chi connectivity index (χ1) is 7.24. The standard InChI is InChI=1S/C9H9IN4O/c10-8-3-1-2-7(6-8)9(15)12-4-5-13-14-11/h1-3,6H,4-5H2,(H,12,15). The number of benzene rings is 1. The minimum Gasteiger partial charge on any atom is -0.352 e. The molecule has 15 heavy (non-hydrogen) atoms. The Kier molecular flexibility index (Phi) is 4.92. The molecule has 1 amide bonds. The Labute approximate surface area is 101 Å². The lowest BCUT2D eigenvalue weighted by Crippen LogP contribution is -2.25. The Bertz CT molecular complexity index is 401. The fourth-order valence-corrected chi connectivity index (χ4v) is 1.54. The molecule has 0 atom stereocenters. The summed E-state index contributed by atoms with van der Waals surface area (Å²) in [6.45, 7) is 0.626. The lowest BCUT2D eigenvalue weighted by Gasteiger charge is -2.02. The molecule has 0 aromatic heterocycles. The van der Waals surface area contributed by atoms with Crippen molar-refractivity contribution in [3.63, 3.8) is 0 Å². The van der Waals surface area contributed by atoms with Crippen LogP contribution in [0.3, 0.4) is 0 Å². The van der Waals surface area contributed by atoms with Gasteiger partial charge in [-0.1, -0.05) is 11.2 Å². The zero-order chi connectivity index (χ0) is 11.1. The largest absolute Gasteiger partial charge is 0.352 e. The van der Waals surface area contributed by atoms with Crippen LogP contribution >= 0.6 is 22.6 Å². The lowest BCUT2D eigenvalue weighted by atomic mass is 10.2. The Balaban J connectivity index is 2.50. The summed E-state index contributed by atoms with van der Waals surface area (Å²) in [5.74, 6) is -0.151. The van der Waals surface area contributed by atoms with Crippen molar-refractivity contribution in [1.82, 2.24) is 5.32 Å². The third-order valence-corrected chi connectivity index (χ3v) is 2.32. The first-order valence-electron chi connectivity index (χ1n) is 4.28. The van der Waals surface area contributed by atoms with E-state index in [2.05, 4.69) is 37.9 Å². The maximum Gasteiger partial charge on any atom is 0.251 e. The van der Waals surface area contributed by atoms with E-state index < -0.39 is 0 Å². The number of rotatable bonds is 4. The van der Waals surface area contributed by atoms with Crippen molar-refractivity contribution < 1.29 is 4.79 Å². The Hall–Kier alpha value is -1.27. The number of hydrogen-bond donors (Lipinski definition) is 1. The van der Waals surface area contributed by atoms with Crippen LogP contribution in [0.5, 0.6) is 0 Å². The van der Waals surface area contributed by atoms with Crippen LogP contribution in [0.25, 0.3) is 10.4 Å². The number of nitrogens with one attached hydrogen (secondary N) is 1. The second-order valence-electron chi connectivity index (χ2n) is 2.72. The highest BCUT2D eigenvalue weighted by Crippen LogP contribution is 2.07. The second kappa shape index (κ2) is 6.26. The van der Waals surface area contributed by atoms with Gasteiger partial charge in [-0.25, -0.2) is 0 Å². The fraction of sp³-hybridized carbons (Fsp3) is 0.222. The van der Waals surface area contributed by atoms with Crippen molar-refractivity contribution >= 4 is 28.5 Å². The Morgan fingerprint density at radius 2 is 2.40 bits per heavy atom. The van der Waals surface area contributed by atoms with Crippen LogP contribution < -0.4 is 5.32 Å². The quantitative estimate of drug-likeness (QED) is 0.299. The first kappa shape index (κ1) is 11.8. The van der Waals surface area contributed by atoms with Gasteiger partial charge in [0.15, 0.2) is 0 Å². The first-order valence-corrected chi connectivity index (χ1v) is 5.36. The maximum absolute atomic E-state index is 11.5. The molecule has 1 aromatic rings. The van der Waals surface area contributed by atoms with E-state index in [0.29, 0.717) is 12.1 Å². The van der Waals surface area contributed by atoms with E-state index in [1.165, 1.54) is 0 Å². The van der Waals surface area contributed by atoms with Gasteiger partial charge < -0.3 is 5.32 Å². The zero-order valence-corrected chi connectivity index (χ0v) is 10.0. The summed E-state index contributed by atoms with van der Waals surface area (Å²) in [7, 11) is 0. The molecule has 78 valence electrons. The van der Waals surface area contributed by atoms with E-state index in [1.807, 2.05) is 12.1 Å². The minimum absolute atomic E-state index is 0.151. The summed E-state index contributed by atoms with van der Waals surface area (Å²) in [5, 5.41) is 5.97. The molecule has 0 saturated carbocycles. The molecule has 1 rings (SSSR count). The van der Waals surface area contributed by atoms with Crippen LogP contribution in [0.15, 0.2) is 29.4 Å². The van der Waals surface area contributed by atoms with Gasteiger partial charge in [0.2, 0.25) is 0 Å². The number of carbonyl (C=O) groups is 1. The Morgan fingerprint density at radius 1 is 1.60 bits per heavy atom. The average Bonchev–Trinajstić information content (AvgIpc) is 2.24. The van der Waals surface area contributed by atoms with Crippen molar-refractivity contribution in [2.45, 2.75) is 0 Å². The lowest BCUT2D eigenvalue weighted by molar-refractivity contribution is 0.0954. The molecule has 0 bridgehead atoms. The summed E-state index contributed by atoms with van der Waals surface area (Å²) in [6, 6.07) is 7.27. The van der Waals surface area contributed by atoms with Crippen molar-refractivity contribution in [2.75, 3.05) is 13.1 Å². The molecule has 0 aliphatic carbocycles. The maximum atomic E-state index is 11.5. The van der Waals surface area contributed by atoms with E-state index in [1.54, 1.807) is 12.1 Å². The molecule has 5 nitrogen and oxygen atoms in total. The van der Waals surface area contributed by atoms with Crippen molar-refractivity contribution in [1.29, 1.82) is 0 Å². The third kappa shape index (κ3) is 4.18. The summed E-state index contributed by atoms with van der Waals surface area (Å²) in [5.41, 5.74) is 8.64. The molecule has 0 heterocycles. The van der Waals surface area contributed by atoms with Crippen LogP contribution in [0, 0.1) is 3.57 Å². The molecule has 1 N–H and O–H groups in total. The van der Waals surface area contributed by atoms with Gasteiger partial charge in [-0.3, -0.25) is 4.79 Å². The Morgan fingerprint density at radius 3 is 3.07 bits per heavy atom. The average molecular weight is 316 g/mol. The van der Waals surface area contributed by atoms with E-state index in [4.69, 9.17) is 5.53 Å². The van der Waals surface area contributed by atoms with Gasteiger partial charge in [0.05, 0.1) is 0 Å². The number of nitrogens with zero attached hydrogens (tertiary/aromatic N) is 3. The van der Waals surface area contributed by atoms with E-state index in [-0.39, 0.29) is 12.5 Å². The fourth-order valence-electron chi connectivity index (χ4n) is 0.996. The molecule has 0 aliphatic heterocycles. The number of azide groups is 1. The van der Waals surface area contributed by atoms with Gasteiger partial charge >= 0.3 is 0 Å². The molecule has 0 spiro atoms. The van der Waals surface area contributed by atoms with Crippen LogP contribution in [0.1, 0.15) is 10.4 Å². The summed E-state index contributed by atoms with van der Waals surface area (Å²) < 4.78 is 1.01. The molecule has 0 radical (unpaired) electrons. The molecule has 6 heteroatoms. The van der Waals surface area contributed by atoms with Crippen molar-refractivity contribution in [3.8, 4) is 0 Å². The van der Waals surface area contributed by atoms with Gasteiger partial charge in [0, 0.05) is 27.1 Å². The number of hydrogen-bond acceptors (Lipinski definition) is 2. The second-order valence-corrected chi connectivity index (χ2v) is 3.97. The van der Waals surface area contributed by atoms with Crippen LogP contribution in [-0.2, 0) is 0 Å². The number of carbonyl (C=O) groups excluding carboxylic acids is 1. The highest BCUT2D eigenvalue weighted by Gasteiger charge is 2.03. The van der Waals surface area contributed by atoms with Gasteiger partial charge in [0.1, 0.15) is 0 Å². The van der Waals surface area contributed by atoms with E-state index in [0.717, 1.165) is 3.57 Å². The van der Waals surface area contributed by atoms with Crippen molar-refractivity contribution in [2.24, 2.45) is 5.11 Å².